The van der Waals surface area contributed by atoms with Crippen molar-refractivity contribution in [1.29, 1.82) is 0 Å². The highest BCUT2D eigenvalue weighted by Crippen LogP contribution is 2.23. The number of primary amides is 1. The lowest BCUT2D eigenvalue weighted by Gasteiger charge is -2.21. The van der Waals surface area contributed by atoms with Gasteiger partial charge in [0.25, 0.3) is 0 Å². The zero-order valence-electron chi connectivity index (χ0n) is 12.7. The molecule has 0 radical (unpaired) electrons. The van der Waals surface area contributed by atoms with Crippen molar-refractivity contribution in [2.24, 2.45) is 5.73 Å². The first-order valence-electron chi connectivity index (χ1n) is 6.91. The fourth-order valence-electron chi connectivity index (χ4n) is 2.55. The molecule has 112 valence electrons. The van der Waals surface area contributed by atoms with Crippen LogP contribution in [0.3, 0.4) is 0 Å². The molecule has 0 aliphatic carbocycles. The lowest BCUT2D eigenvalue weighted by molar-refractivity contribution is -0.122. The maximum Gasteiger partial charge on any atom is 0.234 e. The maximum absolute atomic E-state index is 11.5. The Morgan fingerprint density at radius 2 is 2.25 bits per heavy atom. The van der Waals surface area contributed by atoms with Crippen molar-refractivity contribution >= 4 is 5.91 Å². The van der Waals surface area contributed by atoms with E-state index in [-0.39, 0.29) is 23.6 Å². The van der Waals surface area contributed by atoms with Gasteiger partial charge in [0.05, 0.1) is 23.9 Å². The summed E-state index contributed by atoms with van der Waals surface area (Å²) in [5, 5.41) is 4.38. The fourth-order valence-corrected chi connectivity index (χ4v) is 2.55. The summed E-state index contributed by atoms with van der Waals surface area (Å²) in [5.74, 6) is -0.284. The van der Waals surface area contributed by atoms with Gasteiger partial charge in [0.15, 0.2) is 0 Å². The molecule has 1 saturated heterocycles. The first-order valence-corrected chi connectivity index (χ1v) is 6.91. The standard InChI is InChI=1S/C14H24N4O2/c1-14(2,3)18-8-10(6-16-18)7-17-9-11(20-4)5-12(17)13(15)19/h6,8,11-12H,5,7,9H2,1-4H3,(H2,15,19)/t11-,12-/m0/s1. The molecule has 6 heteroatoms. The molecule has 1 fully saturated rings. The lowest BCUT2D eigenvalue weighted by Crippen LogP contribution is -2.39. The van der Waals surface area contributed by atoms with E-state index >= 15 is 0 Å². The van der Waals surface area contributed by atoms with E-state index in [0.717, 1.165) is 12.1 Å². The molecule has 6 nitrogen and oxygen atoms in total. The summed E-state index contributed by atoms with van der Waals surface area (Å²) >= 11 is 0. The Morgan fingerprint density at radius 1 is 1.55 bits per heavy atom. The van der Waals surface area contributed by atoms with E-state index in [1.54, 1.807) is 7.11 Å². The summed E-state index contributed by atoms with van der Waals surface area (Å²) in [6.07, 6.45) is 4.62. The molecule has 1 aromatic rings. The number of hydrogen-bond donors (Lipinski definition) is 1. The van der Waals surface area contributed by atoms with E-state index in [9.17, 15) is 4.79 Å². The SMILES string of the molecule is CO[C@H]1C[C@@H](C(N)=O)N(Cc2cnn(C(C)(C)C)c2)C1. The minimum absolute atomic E-state index is 0.0403. The predicted octanol–water partition coefficient (Wildman–Crippen LogP) is 0.713. The molecular formula is C14H24N4O2. The Kier molecular flexibility index (Phi) is 4.15. The Hall–Kier alpha value is -1.40. The summed E-state index contributed by atoms with van der Waals surface area (Å²) in [6.45, 7) is 7.71. The number of aromatic nitrogens is 2. The third-order valence-electron chi connectivity index (χ3n) is 3.74. The molecule has 2 N–H and O–H groups in total. The Morgan fingerprint density at radius 3 is 2.75 bits per heavy atom. The highest BCUT2D eigenvalue weighted by atomic mass is 16.5. The minimum Gasteiger partial charge on any atom is -0.380 e. The van der Waals surface area contributed by atoms with Gasteiger partial charge in [0, 0.05) is 32.0 Å². The third-order valence-corrected chi connectivity index (χ3v) is 3.74. The van der Waals surface area contributed by atoms with E-state index in [2.05, 4.69) is 30.8 Å². The highest BCUT2D eigenvalue weighted by molar-refractivity contribution is 5.80. The number of likely N-dealkylation sites (tertiary alicyclic amines) is 1. The Balaban J connectivity index is 2.08. The van der Waals surface area contributed by atoms with E-state index in [1.165, 1.54) is 0 Å². The van der Waals surface area contributed by atoms with E-state index in [4.69, 9.17) is 10.5 Å². The number of nitrogens with zero attached hydrogens (tertiary/aromatic N) is 3. The van der Waals surface area contributed by atoms with Crippen molar-refractivity contribution in [1.82, 2.24) is 14.7 Å². The minimum atomic E-state index is -0.284. The molecule has 0 bridgehead atoms. The lowest BCUT2D eigenvalue weighted by atomic mass is 10.1. The highest BCUT2D eigenvalue weighted by Gasteiger charge is 2.35. The summed E-state index contributed by atoms with van der Waals surface area (Å²) in [4.78, 5) is 13.6. The van der Waals surface area contributed by atoms with Gasteiger partial charge in [0.2, 0.25) is 5.91 Å². The molecule has 1 aromatic heterocycles. The molecule has 20 heavy (non-hydrogen) atoms. The van der Waals surface area contributed by atoms with Gasteiger partial charge in [-0.05, 0) is 27.2 Å². The summed E-state index contributed by atoms with van der Waals surface area (Å²) < 4.78 is 7.28. The van der Waals surface area contributed by atoms with Crippen LogP contribution in [0.1, 0.15) is 32.8 Å². The second kappa shape index (κ2) is 5.54. The molecule has 2 atom stereocenters. The van der Waals surface area contributed by atoms with Crippen molar-refractivity contribution in [2.75, 3.05) is 13.7 Å². The molecule has 0 unspecified atom stereocenters. The summed E-state index contributed by atoms with van der Waals surface area (Å²) in [5.41, 5.74) is 6.52. The number of hydrogen-bond acceptors (Lipinski definition) is 4. The molecule has 0 saturated carbocycles. The van der Waals surface area contributed by atoms with Gasteiger partial charge in [-0.3, -0.25) is 14.4 Å². The van der Waals surface area contributed by atoms with Crippen LogP contribution in [0.15, 0.2) is 12.4 Å². The maximum atomic E-state index is 11.5. The normalized spacial score (nSPS) is 24.2. The van der Waals surface area contributed by atoms with Crippen LogP contribution in [-0.2, 0) is 21.6 Å². The number of amides is 1. The number of nitrogens with two attached hydrogens (primary N) is 1. The topological polar surface area (TPSA) is 73.4 Å². The van der Waals surface area contributed by atoms with Crippen LogP contribution in [0.4, 0.5) is 0 Å². The average Bonchev–Trinajstić information content (AvgIpc) is 2.95. The van der Waals surface area contributed by atoms with Crippen LogP contribution in [0.5, 0.6) is 0 Å². The number of carbonyl (C=O) groups excluding carboxylic acids is 1. The van der Waals surface area contributed by atoms with E-state index in [0.29, 0.717) is 13.0 Å². The van der Waals surface area contributed by atoms with Crippen LogP contribution in [-0.4, -0.2) is 46.4 Å². The molecule has 0 aromatic carbocycles. The van der Waals surface area contributed by atoms with Crippen LogP contribution in [0.25, 0.3) is 0 Å². The average molecular weight is 280 g/mol. The first-order chi connectivity index (χ1) is 9.31. The van der Waals surface area contributed by atoms with Crippen molar-refractivity contribution < 1.29 is 9.53 Å². The quantitative estimate of drug-likeness (QED) is 0.881. The van der Waals surface area contributed by atoms with Crippen molar-refractivity contribution in [3.63, 3.8) is 0 Å². The van der Waals surface area contributed by atoms with Crippen LogP contribution < -0.4 is 5.73 Å². The van der Waals surface area contributed by atoms with Gasteiger partial charge < -0.3 is 10.5 Å². The zero-order chi connectivity index (χ0) is 14.9. The predicted molar refractivity (Wildman–Crippen MR) is 76.0 cm³/mol. The molecule has 0 spiro atoms. The molecule has 2 heterocycles. The van der Waals surface area contributed by atoms with Gasteiger partial charge in [-0.2, -0.15) is 5.10 Å². The van der Waals surface area contributed by atoms with Crippen molar-refractivity contribution in [3.8, 4) is 0 Å². The smallest absolute Gasteiger partial charge is 0.234 e. The second-order valence-electron chi connectivity index (χ2n) is 6.40. The number of carbonyl (C=O) groups is 1. The monoisotopic (exact) mass is 280 g/mol. The molecule has 1 amide bonds. The van der Waals surface area contributed by atoms with Gasteiger partial charge in [0.1, 0.15) is 0 Å². The van der Waals surface area contributed by atoms with E-state index in [1.807, 2.05) is 17.1 Å². The van der Waals surface area contributed by atoms with Crippen LogP contribution >= 0.6 is 0 Å². The van der Waals surface area contributed by atoms with Crippen molar-refractivity contribution in [2.45, 2.75) is 51.4 Å². The van der Waals surface area contributed by atoms with Crippen LogP contribution in [0, 0.1) is 0 Å². The largest absolute Gasteiger partial charge is 0.380 e. The van der Waals surface area contributed by atoms with Gasteiger partial charge >= 0.3 is 0 Å². The molecule has 1 aliphatic rings. The fraction of sp³-hybridized carbons (Fsp3) is 0.714. The Bertz CT molecular complexity index is 478. The molecule has 1 aliphatic heterocycles. The number of rotatable bonds is 4. The zero-order valence-corrected chi connectivity index (χ0v) is 12.7. The van der Waals surface area contributed by atoms with Gasteiger partial charge in [-0.25, -0.2) is 0 Å². The molecular weight excluding hydrogens is 256 g/mol. The Labute approximate surface area is 119 Å². The molecule has 2 rings (SSSR count). The number of methoxy groups -OCH3 is 1. The first kappa shape index (κ1) is 15.0. The van der Waals surface area contributed by atoms with E-state index < -0.39 is 0 Å². The van der Waals surface area contributed by atoms with Gasteiger partial charge in [-0.15, -0.1) is 0 Å². The van der Waals surface area contributed by atoms with Crippen LogP contribution in [0.2, 0.25) is 0 Å². The number of ether oxygens (including phenoxy) is 1. The van der Waals surface area contributed by atoms with Crippen molar-refractivity contribution in [3.05, 3.63) is 18.0 Å². The third kappa shape index (κ3) is 3.19. The summed E-state index contributed by atoms with van der Waals surface area (Å²) in [6, 6.07) is -0.252. The second-order valence-corrected chi connectivity index (χ2v) is 6.40. The van der Waals surface area contributed by atoms with Gasteiger partial charge in [-0.1, -0.05) is 0 Å². The summed E-state index contributed by atoms with van der Waals surface area (Å²) in [7, 11) is 1.67.